The molecule has 0 radical (unpaired) electrons. The van der Waals surface area contributed by atoms with Gasteiger partial charge in [0.2, 0.25) is 0 Å². The van der Waals surface area contributed by atoms with Gasteiger partial charge in [-0.3, -0.25) is 0 Å². The summed E-state index contributed by atoms with van der Waals surface area (Å²) in [6.45, 7) is 5.28. The van der Waals surface area contributed by atoms with Crippen molar-refractivity contribution >= 4 is 65.9 Å². The summed E-state index contributed by atoms with van der Waals surface area (Å²) in [5, 5.41) is 19.9. The third-order valence-electron chi connectivity index (χ3n) is 19.3. The Bertz CT molecular complexity index is 3090. The summed E-state index contributed by atoms with van der Waals surface area (Å²) < 4.78 is 2.36. The monoisotopic (exact) mass is 644 g/mol. The molecule has 0 amide bonds. The Morgan fingerprint density at radius 1 is 0.440 bits per heavy atom. The van der Waals surface area contributed by atoms with E-state index in [0.717, 1.165) is 11.8 Å². The fraction of sp³-hybridized carbons (Fsp3) is 0.458. The van der Waals surface area contributed by atoms with Gasteiger partial charge < -0.3 is 8.97 Å². The zero-order valence-electron chi connectivity index (χ0n) is 29.3. The first-order valence-electron chi connectivity index (χ1n) is 20.5. The standard InChI is InChI=1S/C48H40N2/c1-49(2)11-21-23(13-49)33-34-24-14-50(3,4)12-22(24)26-20-10-8-18-16-6-5-15-17-7-9-19-25(21)35-39-31(19)29(17)37-27(15)28(16)38-30(18)32(20)40-36(26)42(34)45(41(33)35)48-46(39)43(37)44(38)47(40)48/h5-10,15-19,21-25,27-30H,11-14H2,1-4H3/q+2. The predicted octanol–water partition coefficient (Wildman–Crippen LogP) is 5.77. The molecule has 50 heavy (non-hydrogen) atoms. The van der Waals surface area contributed by atoms with Crippen LogP contribution in [0.25, 0.3) is 65.9 Å². The van der Waals surface area contributed by atoms with E-state index < -0.39 is 0 Å². The van der Waals surface area contributed by atoms with E-state index in [4.69, 9.17) is 0 Å². The average Bonchev–Trinajstić information content (AvgIpc) is 3.93. The maximum absolute atomic E-state index is 2.84. The number of fused-ring (bicyclic) bond motifs is 11. The van der Waals surface area contributed by atoms with Gasteiger partial charge in [0.1, 0.15) is 0 Å². The zero-order valence-corrected chi connectivity index (χ0v) is 29.3. The molecule has 2 aliphatic heterocycles. The summed E-state index contributed by atoms with van der Waals surface area (Å²) in [4.78, 5) is 0. The Morgan fingerprint density at radius 2 is 1.06 bits per heavy atom. The van der Waals surface area contributed by atoms with Crippen LogP contribution in [0.4, 0.5) is 0 Å². The molecule has 5 aromatic rings. The van der Waals surface area contributed by atoms with Crippen molar-refractivity contribution in [3.8, 4) is 0 Å². The van der Waals surface area contributed by atoms with Gasteiger partial charge in [-0.05, 0) is 144 Å². The molecule has 5 aromatic carbocycles. The maximum Gasteiger partial charge on any atom is 0.0861 e. The molecule has 0 N–H and O–H groups in total. The summed E-state index contributed by atoms with van der Waals surface area (Å²) in [6, 6.07) is 0. The first kappa shape index (κ1) is 23.9. The van der Waals surface area contributed by atoms with Crippen LogP contribution in [0.3, 0.4) is 0 Å². The second-order valence-corrected chi connectivity index (χ2v) is 21.6. The van der Waals surface area contributed by atoms with Crippen LogP contribution in [0.1, 0.15) is 63.0 Å². The SMILES string of the molecule is C[N+]1(C)CC2c3c4c5c6c3c3c(c7c8c9c%10c%11c%12c(c6c%11c83)=C3C5C(C=C4)C4C=CC5C6C=CC(C=%10C6C=%12C5C34)C9C3C[N+](C)(C)CC73)C2C1. The highest BCUT2D eigenvalue weighted by Gasteiger charge is 2.67. The molecule has 14 atom stereocenters. The van der Waals surface area contributed by atoms with E-state index in [1.165, 1.54) is 35.1 Å². The normalized spacial score (nSPS) is 46.4. The van der Waals surface area contributed by atoms with Crippen molar-refractivity contribution < 1.29 is 8.97 Å². The lowest BCUT2D eigenvalue weighted by atomic mass is 9.63. The van der Waals surface area contributed by atoms with Crippen LogP contribution >= 0.6 is 0 Å². The third kappa shape index (κ3) is 1.82. The molecule has 0 spiro atoms. The number of likely N-dealkylation sites (tertiary alicyclic amines) is 2. The van der Waals surface area contributed by atoms with E-state index in [1.54, 1.807) is 37.9 Å². The highest BCUT2D eigenvalue weighted by Crippen LogP contribution is 2.75. The van der Waals surface area contributed by atoms with E-state index in [0.29, 0.717) is 71.0 Å². The molecule has 11 aliphatic carbocycles. The van der Waals surface area contributed by atoms with Crippen LogP contribution in [-0.2, 0) is 0 Å². The molecule has 13 aliphatic rings. The molecule has 2 saturated heterocycles. The van der Waals surface area contributed by atoms with E-state index in [2.05, 4.69) is 64.6 Å². The third-order valence-corrected chi connectivity index (χ3v) is 19.3. The minimum absolute atomic E-state index is 0.607. The molecule has 2 heteroatoms. The highest BCUT2D eigenvalue weighted by molar-refractivity contribution is 6.41. The lowest BCUT2D eigenvalue weighted by Crippen LogP contribution is -2.44. The highest BCUT2D eigenvalue weighted by atomic mass is 15.3. The molecule has 0 aromatic heterocycles. The average molecular weight is 645 g/mol. The number of likely N-dealkylation sites (N-methyl/N-ethyl adjacent to an activating group) is 2. The van der Waals surface area contributed by atoms with Gasteiger partial charge in [0.05, 0.1) is 54.4 Å². The minimum Gasteiger partial charge on any atom is -0.328 e. The predicted molar refractivity (Wildman–Crippen MR) is 200 cm³/mol. The van der Waals surface area contributed by atoms with Gasteiger partial charge in [-0.15, -0.1) is 0 Å². The molecule has 4 fully saturated rings. The second-order valence-electron chi connectivity index (χ2n) is 21.6. The van der Waals surface area contributed by atoms with Gasteiger partial charge in [0.15, 0.2) is 0 Å². The summed E-state index contributed by atoms with van der Waals surface area (Å²) in [6.07, 6.45) is 16.8. The first-order chi connectivity index (χ1) is 24.3. The van der Waals surface area contributed by atoms with Crippen molar-refractivity contribution in [2.24, 2.45) is 53.3 Å². The Balaban J connectivity index is 1.22. The number of hydrogen-bond donors (Lipinski definition) is 0. The van der Waals surface area contributed by atoms with Crippen molar-refractivity contribution in [1.29, 1.82) is 0 Å². The van der Waals surface area contributed by atoms with E-state index >= 15 is 0 Å². The fourth-order valence-corrected chi connectivity index (χ4v) is 18.9. The van der Waals surface area contributed by atoms with E-state index in [-0.39, 0.29) is 0 Å². The molecule has 2 heterocycles. The van der Waals surface area contributed by atoms with Gasteiger partial charge in [-0.25, -0.2) is 0 Å². The van der Waals surface area contributed by atoms with Crippen molar-refractivity contribution in [3.05, 3.63) is 79.4 Å². The van der Waals surface area contributed by atoms with Crippen molar-refractivity contribution in [3.63, 3.8) is 0 Å². The van der Waals surface area contributed by atoms with Crippen LogP contribution < -0.4 is 15.7 Å². The number of hydrogen-bond acceptors (Lipinski definition) is 0. The molecule has 18 rings (SSSR count). The Kier molecular flexibility index (Phi) is 2.97. The van der Waals surface area contributed by atoms with E-state index in [9.17, 15) is 0 Å². The zero-order chi connectivity index (χ0) is 31.7. The van der Waals surface area contributed by atoms with Crippen molar-refractivity contribution in [2.75, 3.05) is 54.4 Å². The first-order valence-corrected chi connectivity index (χ1v) is 20.5. The van der Waals surface area contributed by atoms with Crippen molar-refractivity contribution in [1.82, 2.24) is 0 Å². The number of allylic oxidation sites excluding steroid dienone is 5. The van der Waals surface area contributed by atoms with Crippen LogP contribution in [0, 0.1) is 53.3 Å². The van der Waals surface area contributed by atoms with Crippen LogP contribution in [-0.4, -0.2) is 63.3 Å². The quantitative estimate of drug-likeness (QED) is 0.149. The summed E-state index contributed by atoms with van der Waals surface area (Å²) in [7, 11) is 10.3. The molecule has 2 saturated carbocycles. The summed E-state index contributed by atoms with van der Waals surface area (Å²) in [5.41, 5.74) is 16.9. The van der Waals surface area contributed by atoms with Gasteiger partial charge in [0.25, 0.3) is 0 Å². The lowest BCUT2D eigenvalue weighted by molar-refractivity contribution is -0.880. The topological polar surface area (TPSA) is 0 Å². The van der Waals surface area contributed by atoms with Gasteiger partial charge in [-0.1, -0.05) is 36.5 Å². The van der Waals surface area contributed by atoms with Gasteiger partial charge >= 0.3 is 0 Å². The largest absolute Gasteiger partial charge is 0.328 e. The number of nitrogens with zero attached hydrogens (tertiary/aromatic N) is 2. The number of benzene rings is 2. The molecule has 240 valence electrons. The molecule has 14 unspecified atom stereocenters. The fourth-order valence-electron chi connectivity index (χ4n) is 18.9. The smallest absolute Gasteiger partial charge is 0.0861 e. The molecule has 2 nitrogen and oxygen atoms in total. The summed E-state index contributed by atoms with van der Waals surface area (Å²) >= 11 is 0. The van der Waals surface area contributed by atoms with Gasteiger partial charge in [0, 0.05) is 47.3 Å². The van der Waals surface area contributed by atoms with Crippen LogP contribution in [0.2, 0.25) is 0 Å². The Labute approximate surface area is 290 Å². The molecule has 0 bridgehead atoms. The molecular weight excluding hydrogens is 605 g/mol. The van der Waals surface area contributed by atoms with Crippen LogP contribution in [0.5, 0.6) is 0 Å². The Hall–Kier alpha value is -3.46. The molecular formula is C48H40N2+2. The second kappa shape index (κ2) is 6.22. The summed E-state index contributed by atoms with van der Waals surface area (Å²) in [5.74, 6) is 9.42. The lowest BCUT2D eigenvalue weighted by Gasteiger charge is -2.38. The van der Waals surface area contributed by atoms with Crippen molar-refractivity contribution in [2.45, 2.75) is 29.6 Å². The minimum atomic E-state index is 0.607. The number of rotatable bonds is 0. The Morgan fingerprint density at radius 3 is 1.90 bits per heavy atom. The maximum atomic E-state index is 2.84. The van der Waals surface area contributed by atoms with Gasteiger partial charge in [-0.2, -0.15) is 0 Å². The number of quaternary nitrogens is 2. The van der Waals surface area contributed by atoms with Crippen LogP contribution in [0.15, 0.2) is 30.4 Å². The van der Waals surface area contributed by atoms with E-state index in [1.807, 2.05) is 71.0 Å².